The number of nitrogens with one attached hydrogen (secondary N) is 1. The van der Waals surface area contributed by atoms with Gasteiger partial charge in [-0.15, -0.1) is 0 Å². The number of hydrogen-bond acceptors (Lipinski definition) is 3. The second-order valence-corrected chi connectivity index (χ2v) is 3.85. The number of carbonyl (C=O) groups excluding carboxylic acids is 1. The maximum atomic E-state index is 10.9. The first-order valence-corrected chi connectivity index (χ1v) is 5.51. The molecule has 0 aromatic rings. The van der Waals surface area contributed by atoms with Crippen LogP contribution in [0.25, 0.3) is 0 Å². The Labute approximate surface area is 82.5 Å². The number of carbonyl (C=O) groups is 1. The number of rotatable bonds is 6. The van der Waals surface area contributed by atoms with Crippen molar-refractivity contribution in [1.29, 1.82) is 0 Å². The zero-order valence-electron chi connectivity index (χ0n) is 7.13. The minimum atomic E-state index is -0.0800. The van der Waals surface area contributed by atoms with Crippen molar-refractivity contribution in [2.24, 2.45) is 5.73 Å². The highest BCUT2D eigenvalue weighted by atomic mass is 32.2. The van der Waals surface area contributed by atoms with Crippen molar-refractivity contribution < 1.29 is 4.79 Å². The number of nitrogens with two attached hydrogens (primary N) is 1. The maximum absolute atomic E-state index is 10.9. The summed E-state index contributed by atoms with van der Waals surface area (Å²) in [6.45, 7) is 0.711. The predicted octanol–water partition coefficient (Wildman–Crippen LogP) is 0.532. The van der Waals surface area contributed by atoms with E-state index in [4.69, 9.17) is 5.73 Å². The van der Waals surface area contributed by atoms with Gasteiger partial charge in [0.15, 0.2) is 0 Å². The molecule has 3 nitrogen and oxygen atoms in total. The second kappa shape index (κ2) is 7.36. The van der Waals surface area contributed by atoms with E-state index >= 15 is 0 Å². The highest BCUT2D eigenvalue weighted by molar-refractivity contribution is 7.98. The molecule has 0 radical (unpaired) electrons. The summed E-state index contributed by atoms with van der Waals surface area (Å²) in [5.41, 5.74) is 5.19. The van der Waals surface area contributed by atoms with Crippen molar-refractivity contribution in [2.45, 2.75) is 12.8 Å². The Balaban J connectivity index is 3.26. The van der Waals surface area contributed by atoms with Crippen LogP contribution in [0.4, 0.5) is 0 Å². The van der Waals surface area contributed by atoms with Gasteiger partial charge in [-0.1, -0.05) is 12.2 Å². The van der Waals surface area contributed by atoms with Gasteiger partial charge in [-0.05, 0) is 18.4 Å². The highest BCUT2D eigenvalue weighted by Crippen LogP contribution is 1.93. The van der Waals surface area contributed by atoms with Crippen molar-refractivity contribution in [2.75, 3.05) is 18.6 Å². The first-order chi connectivity index (χ1) is 5.66. The smallest absolute Gasteiger partial charge is 0.226 e. The van der Waals surface area contributed by atoms with Gasteiger partial charge < -0.3 is 11.1 Å². The van der Waals surface area contributed by atoms with E-state index in [2.05, 4.69) is 17.5 Å². The quantitative estimate of drug-likeness (QED) is 0.492. The summed E-state index contributed by atoms with van der Waals surface area (Å²) in [7, 11) is 0. The number of amides is 1. The van der Waals surface area contributed by atoms with E-state index in [-0.39, 0.29) is 17.3 Å². The van der Waals surface area contributed by atoms with Gasteiger partial charge in [-0.2, -0.15) is 11.8 Å². The Hall–Kier alpha value is -0.290. The molecule has 0 heterocycles. The van der Waals surface area contributed by atoms with E-state index in [1.165, 1.54) is 0 Å². The van der Waals surface area contributed by atoms with Crippen molar-refractivity contribution in [3.05, 3.63) is 0 Å². The van der Waals surface area contributed by atoms with Crippen molar-refractivity contribution >= 4 is 34.9 Å². The van der Waals surface area contributed by atoms with Crippen LogP contribution in [0.5, 0.6) is 0 Å². The number of thioether (sulfide) groups is 1. The number of hydrogen-bond donors (Lipinski definition) is 2. The van der Waals surface area contributed by atoms with Gasteiger partial charge in [0.25, 0.3) is 0 Å². The van der Waals surface area contributed by atoms with E-state index < -0.39 is 0 Å². The fraction of sp³-hybridized carbons (Fsp3) is 0.714. The third-order valence-corrected chi connectivity index (χ3v) is 2.02. The zero-order valence-corrected chi connectivity index (χ0v) is 8.76. The largest absolute Gasteiger partial charge is 0.393 e. The molecule has 3 N–H and O–H groups in total. The lowest BCUT2D eigenvalue weighted by molar-refractivity contribution is -0.119. The molecule has 0 aromatic carbocycles. The van der Waals surface area contributed by atoms with Crippen molar-refractivity contribution in [3.8, 4) is 0 Å². The molecule has 0 aromatic heterocycles. The maximum Gasteiger partial charge on any atom is 0.226 e. The summed E-state index contributed by atoms with van der Waals surface area (Å²) >= 11 is 6.35. The zero-order chi connectivity index (χ0) is 9.40. The summed E-state index contributed by atoms with van der Waals surface area (Å²) in [6.07, 6.45) is 3.19. The Morgan fingerprint density at radius 3 is 2.83 bits per heavy atom. The molecule has 1 amide bonds. The van der Waals surface area contributed by atoms with Crippen LogP contribution in [0.2, 0.25) is 0 Å². The van der Waals surface area contributed by atoms with Crippen LogP contribution >= 0.6 is 24.0 Å². The Kier molecular flexibility index (Phi) is 7.19. The SMILES string of the molecule is CSCCCNC(=O)CC(N)=S. The Morgan fingerprint density at radius 1 is 1.67 bits per heavy atom. The van der Waals surface area contributed by atoms with E-state index in [9.17, 15) is 4.79 Å². The molecule has 70 valence electrons. The first-order valence-electron chi connectivity index (χ1n) is 3.70. The highest BCUT2D eigenvalue weighted by Gasteiger charge is 2.00. The van der Waals surface area contributed by atoms with Crippen molar-refractivity contribution in [1.82, 2.24) is 5.32 Å². The fourth-order valence-electron chi connectivity index (χ4n) is 0.665. The lowest BCUT2D eigenvalue weighted by Crippen LogP contribution is -2.28. The summed E-state index contributed by atoms with van der Waals surface area (Å²) in [6, 6.07) is 0. The monoisotopic (exact) mass is 206 g/mol. The second-order valence-electron chi connectivity index (χ2n) is 2.34. The summed E-state index contributed by atoms with van der Waals surface area (Å²) in [5.74, 6) is 0.983. The Bertz CT molecular complexity index is 161. The van der Waals surface area contributed by atoms with Crippen LogP contribution in [0.1, 0.15) is 12.8 Å². The van der Waals surface area contributed by atoms with Gasteiger partial charge in [0.1, 0.15) is 0 Å². The van der Waals surface area contributed by atoms with Gasteiger partial charge in [0.2, 0.25) is 5.91 Å². The van der Waals surface area contributed by atoms with E-state index in [0.717, 1.165) is 12.2 Å². The number of thiocarbonyl (C=S) groups is 1. The molecule has 0 spiro atoms. The molecule has 0 aliphatic carbocycles. The molecule has 0 saturated heterocycles. The van der Waals surface area contributed by atoms with Gasteiger partial charge >= 0.3 is 0 Å². The van der Waals surface area contributed by atoms with Gasteiger partial charge in [0.05, 0.1) is 11.4 Å². The van der Waals surface area contributed by atoms with Crippen LogP contribution in [0.15, 0.2) is 0 Å². The molecule has 12 heavy (non-hydrogen) atoms. The molecule has 5 heteroatoms. The van der Waals surface area contributed by atoms with Crippen LogP contribution in [-0.2, 0) is 4.79 Å². The molecular formula is C7H14N2OS2. The third-order valence-electron chi connectivity index (χ3n) is 1.18. The molecular weight excluding hydrogens is 192 g/mol. The first kappa shape index (κ1) is 11.7. The summed E-state index contributed by atoms with van der Waals surface area (Å²) in [4.78, 5) is 11.2. The van der Waals surface area contributed by atoms with Crippen LogP contribution in [0, 0.1) is 0 Å². The van der Waals surface area contributed by atoms with Gasteiger partial charge in [0, 0.05) is 6.54 Å². The molecule has 0 fully saturated rings. The molecule has 0 rings (SSSR count). The van der Waals surface area contributed by atoms with Gasteiger partial charge in [-0.25, -0.2) is 0 Å². The standard InChI is InChI=1S/C7H14N2OS2/c1-12-4-2-3-9-7(10)5-6(8)11/h2-5H2,1H3,(H2,8,11)(H,9,10). The molecule has 0 aliphatic rings. The average Bonchev–Trinajstić information content (AvgIpc) is 1.97. The fourth-order valence-corrected chi connectivity index (χ4v) is 1.23. The average molecular weight is 206 g/mol. The van der Waals surface area contributed by atoms with Gasteiger partial charge in [-0.3, -0.25) is 4.79 Å². The minimum Gasteiger partial charge on any atom is -0.393 e. The van der Waals surface area contributed by atoms with Crippen LogP contribution < -0.4 is 11.1 Å². The van der Waals surface area contributed by atoms with E-state index in [0.29, 0.717) is 6.54 Å². The van der Waals surface area contributed by atoms with E-state index in [1.807, 2.05) is 6.26 Å². The Morgan fingerprint density at radius 2 is 2.33 bits per heavy atom. The lowest BCUT2D eigenvalue weighted by Gasteiger charge is -2.02. The topological polar surface area (TPSA) is 55.1 Å². The lowest BCUT2D eigenvalue weighted by atomic mass is 10.4. The predicted molar refractivity (Wildman–Crippen MR) is 57.4 cm³/mol. The van der Waals surface area contributed by atoms with E-state index in [1.54, 1.807) is 11.8 Å². The summed E-state index contributed by atoms with van der Waals surface area (Å²) in [5, 5.41) is 2.73. The van der Waals surface area contributed by atoms with Crippen LogP contribution in [0.3, 0.4) is 0 Å². The third kappa shape index (κ3) is 7.81. The molecule has 0 atom stereocenters. The molecule has 0 bridgehead atoms. The molecule has 0 unspecified atom stereocenters. The van der Waals surface area contributed by atoms with Crippen LogP contribution in [-0.4, -0.2) is 29.4 Å². The molecule has 0 saturated carbocycles. The molecule has 0 aliphatic heterocycles. The minimum absolute atomic E-state index is 0.0800. The van der Waals surface area contributed by atoms with Crippen molar-refractivity contribution in [3.63, 3.8) is 0 Å². The summed E-state index contributed by atoms with van der Waals surface area (Å²) < 4.78 is 0. The normalized spacial score (nSPS) is 9.42.